The summed E-state index contributed by atoms with van der Waals surface area (Å²) in [5, 5.41) is 0. The third kappa shape index (κ3) is 5.92. The van der Waals surface area contributed by atoms with Gasteiger partial charge in [-0.3, -0.25) is 9.69 Å². The Morgan fingerprint density at radius 3 is 2.48 bits per heavy atom. The molecule has 1 aliphatic rings. The number of carbonyl (C=O) groups excluding carboxylic acids is 1. The molecule has 0 spiro atoms. The Bertz CT molecular complexity index is 976. The molecule has 6 nitrogen and oxygen atoms in total. The van der Waals surface area contributed by atoms with Crippen LogP contribution >= 0.6 is 24.0 Å². The van der Waals surface area contributed by atoms with Crippen molar-refractivity contribution in [1.29, 1.82) is 0 Å². The Kier molecular flexibility index (Phi) is 8.20. The number of hydrogen-bond acceptors (Lipinski definition) is 7. The van der Waals surface area contributed by atoms with E-state index in [0.717, 1.165) is 17.1 Å². The maximum atomic E-state index is 12.4. The van der Waals surface area contributed by atoms with E-state index in [1.54, 1.807) is 19.1 Å². The fraction of sp³-hybridized carbons (Fsp3) is 0.304. The van der Waals surface area contributed by atoms with E-state index in [2.05, 4.69) is 0 Å². The van der Waals surface area contributed by atoms with Crippen molar-refractivity contribution < 1.29 is 23.7 Å². The first-order valence-corrected chi connectivity index (χ1v) is 11.1. The molecule has 1 fully saturated rings. The molecule has 0 aromatic heterocycles. The third-order valence-corrected chi connectivity index (χ3v) is 5.91. The van der Waals surface area contributed by atoms with Crippen LogP contribution in [0.25, 0.3) is 6.08 Å². The van der Waals surface area contributed by atoms with Crippen LogP contribution in [0.3, 0.4) is 0 Å². The molecule has 0 atom stereocenters. The van der Waals surface area contributed by atoms with E-state index >= 15 is 0 Å². The van der Waals surface area contributed by atoms with Gasteiger partial charge in [0.2, 0.25) is 0 Å². The Balaban J connectivity index is 1.55. The highest BCUT2D eigenvalue weighted by atomic mass is 32.2. The summed E-state index contributed by atoms with van der Waals surface area (Å²) in [4.78, 5) is 14.6. The SMILES string of the molecule is CCN1C(=O)C(=Cc2ccc(OCCCOc3cccc(OC)c3)c(OC)c2)SC1=S. The predicted octanol–water partition coefficient (Wildman–Crippen LogP) is 4.77. The Morgan fingerprint density at radius 2 is 1.77 bits per heavy atom. The summed E-state index contributed by atoms with van der Waals surface area (Å²) in [5.41, 5.74) is 0.849. The second kappa shape index (κ2) is 11.1. The molecule has 8 heteroatoms. The van der Waals surface area contributed by atoms with Gasteiger partial charge in [0.05, 0.1) is 32.3 Å². The monoisotopic (exact) mass is 459 g/mol. The van der Waals surface area contributed by atoms with Crippen molar-refractivity contribution in [3.05, 3.63) is 52.9 Å². The molecule has 0 bridgehead atoms. The molecule has 0 aliphatic carbocycles. The molecular formula is C23H25NO5S2. The average molecular weight is 460 g/mol. The summed E-state index contributed by atoms with van der Waals surface area (Å²) in [7, 11) is 3.22. The third-order valence-electron chi connectivity index (χ3n) is 4.53. The van der Waals surface area contributed by atoms with E-state index in [1.165, 1.54) is 11.8 Å². The van der Waals surface area contributed by atoms with Gasteiger partial charge in [0.15, 0.2) is 11.5 Å². The van der Waals surface area contributed by atoms with Crippen LogP contribution in [0.1, 0.15) is 18.9 Å². The molecule has 0 radical (unpaired) electrons. The first-order valence-electron chi connectivity index (χ1n) is 9.88. The second-order valence-electron chi connectivity index (χ2n) is 6.57. The van der Waals surface area contributed by atoms with E-state index in [-0.39, 0.29) is 5.91 Å². The van der Waals surface area contributed by atoms with Crippen molar-refractivity contribution >= 4 is 40.3 Å². The lowest BCUT2D eigenvalue weighted by atomic mass is 10.2. The van der Waals surface area contributed by atoms with Gasteiger partial charge < -0.3 is 18.9 Å². The highest BCUT2D eigenvalue weighted by molar-refractivity contribution is 8.26. The van der Waals surface area contributed by atoms with Crippen molar-refractivity contribution in [2.45, 2.75) is 13.3 Å². The Morgan fingerprint density at radius 1 is 1.00 bits per heavy atom. The van der Waals surface area contributed by atoms with Crippen LogP contribution in [0.4, 0.5) is 0 Å². The van der Waals surface area contributed by atoms with E-state index in [0.29, 0.717) is 46.9 Å². The Hall–Kier alpha value is -2.71. The van der Waals surface area contributed by atoms with Gasteiger partial charge in [-0.2, -0.15) is 0 Å². The quantitative estimate of drug-likeness (QED) is 0.288. The minimum Gasteiger partial charge on any atom is -0.497 e. The molecule has 164 valence electrons. The largest absolute Gasteiger partial charge is 0.497 e. The van der Waals surface area contributed by atoms with Crippen LogP contribution in [-0.4, -0.2) is 49.1 Å². The van der Waals surface area contributed by atoms with Crippen molar-refractivity contribution in [3.63, 3.8) is 0 Å². The topological polar surface area (TPSA) is 57.2 Å². The van der Waals surface area contributed by atoms with E-state index in [4.69, 9.17) is 31.2 Å². The van der Waals surface area contributed by atoms with Crippen molar-refractivity contribution in [1.82, 2.24) is 4.90 Å². The van der Waals surface area contributed by atoms with Gasteiger partial charge in [-0.15, -0.1) is 0 Å². The fourth-order valence-corrected chi connectivity index (χ4v) is 4.32. The number of nitrogens with zero attached hydrogens (tertiary/aromatic N) is 1. The zero-order chi connectivity index (χ0) is 22.2. The van der Waals surface area contributed by atoms with Gasteiger partial charge in [-0.1, -0.05) is 36.1 Å². The van der Waals surface area contributed by atoms with Crippen molar-refractivity contribution in [2.75, 3.05) is 34.0 Å². The number of hydrogen-bond donors (Lipinski definition) is 0. The molecule has 31 heavy (non-hydrogen) atoms. The smallest absolute Gasteiger partial charge is 0.266 e. The normalized spacial score (nSPS) is 14.8. The van der Waals surface area contributed by atoms with E-state index < -0.39 is 0 Å². The number of thiocarbonyl (C=S) groups is 1. The first kappa shape index (κ1) is 23.0. The molecule has 1 aliphatic heterocycles. The summed E-state index contributed by atoms with van der Waals surface area (Å²) in [6.45, 7) is 3.48. The number of methoxy groups -OCH3 is 2. The molecule has 0 saturated carbocycles. The van der Waals surface area contributed by atoms with Crippen molar-refractivity contribution in [3.8, 4) is 23.0 Å². The minimum atomic E-state index is -0.0622. The molecule has 3 rings (SSSR count). The van der Waals surface area contributed by atoms with Crippen LogP contribution in [0, 0.1) is 0 Å². The average Bonchev–Trinajstić information content (AvgIpc) is 3.06. The molecule has 0 N–H and O–H groups in total. The zero-order valence-electron chi connectivity index (χ0n) is 17.8. The predicted molar refractivity (Wildman–Crippen MR) is 127 cm³/mol. The summed E-state index contributed by atoms with van der Waals surface area (Å²) >= 11 is 6.57. The second-order valence-corrected chi connectivity index (χ2v) is 8.24. The highest BCUT2D eigenvalue weighted by Gasteiger charge is 2.30. The molecule has 1 heterocycles. The lowest BCUT2D eigenvalue weighted by Gasteiger charge is -2.12. The maximum absolute atomic E-state index is 12.4. The van der Waals surface area contributed by atoms with Crippen LogP contribution < -0.4 is 18.9 Å². The number of amides is 1. The summed E-state index contributed by atoms with van der Waals surface area (Å²) < 4.78 is 22.8. The summed E-state index contributed by atoms with van der Waals surface area (Å²) in [6, 6.07) is 13.1. The van der Waals surface area contributed by atoms with Gasteiger partial charge in [0.25, 0.3) is 5.91 Å². The molecule has 1 amide bonds. The van der Waals surface area contributed by atoms with Gasteiger partial charge in [0, 0.05) is 19.0 Å². The lowest BCUT2D eigenvalue weighted by molar-refractivity contribution is -0.121. The van der Waals surface area contributed by atoms with Gasteiger partial charge in [-0.25, -0.2) is 0 Å². The Labute approximate surface area is 192 Å². The van der Waals surface area contributed by atoms with Crippen LogP contribution in [-0.2, 0) is 4.79 Å². The zero-order valence-corrected chi connectivity index (χ0v) is 19.4. The summed E-state index contributed by atoms with van der Waals surface area (Å²) in [5.74, 6) is 2.70. The van der Waals surface area contributed by atoms with Crippen LogP contribution in [0.2, 0.25) is 0 Å². The van der Waals surface area contributed by atoms with E-state index in [9.17, 15) is 4.79 Å². The van der Waals surface area contributed by atoms with Crippen LogP contribution in [0.15, 0.2) is 47.4 Å². The summed E-state index contributed by atoms with van der Waals surface area (Å²) in [6.07, 6.45) is 2.53. The number of likely N-dealkylation sites (N-methyl/N-ethyl adjacent to an activating group) is 1. The number of ether oxygens (including phenoxy) is 4. The van der Waals surface area contributed by atoms with Crippen LogP contribution in [0.5, 0.6) is 23.0 Å². The standard InChI is InChI=1S/C23H25NO5S2/c1-4-24-22(25)21(31-23(24)30)14-16-9-10-19(20(13-16)27-3)29-12-6-11-28-18-8-5-7-17(15-18)26-2/h5,7-10,13-15H,4,6,11-12H2,1-3H3. The van der Waals surface area contributed by atoms with E-state index in [1.807, 2.05) is 55.5 Å². The van der Waals surface area contributed by atoms with Gasteiger partial charge >= 0.3 is 0 Å². The molecule has 2 aromatic rings. The number of benzene rings is 2. The maximum Gasteiger partial charge on any atom is 0.266 e. The minimum absolute atomic E-state index is 0.0622. The lowest BCUT2D eigenvalue weighted by Crippen LogP contribution is -2.27. The molecule has 0 unspecified atom stereocenters. The number of rotatable bonds is 10. The first-order chi connectivity index (χ1) is 15.0. The molecular weight excluding hydrogens is 434 g/mol. The fourth-order valence-electron chi connectivity index (χ4n) is 2.94. The number of carbonyl (C=O) groups is 1. The van der Waals surface area contributed by atoms with Crippen molar-refractivity contribution in [2.24, 2.45) is 0 Å². The molecule has 2 aromatic carbocycles. The van der Waals surface area contributed by atoms with Gasteiger partial charge in [-0.05, 0) is 42.8 Å². The van der Waals surface area contributed by atoms with Gasteiger partial charge in [0.1, 0.15) is 15.8 Å². The number of thioether (sulfide) groups is 1. The highest BCUT2D eigenvalue weighted by Crippen LogP contribution is 2.34. The molecule has 1 saturated heterocycles.